The van der Waals surface area contributed by atoms with E-state index in [2.05, 4.69) is 21.0 Å². The molecule has 1 unspecified atom stereocenters. The normalized spacial score (nSPS) is 12.4. The van der Waals surface area contributed by atoms with Crippen LogP contribution >= 0.6 is 15.9 Å². The molecule has 1 aromatic heterocycles. The highest BCUT2D eigenvalue weighted by molar-refractivity contribution is 9.10. The molecule has 0 saturated carbocycles. The molecular formula is C14H17BrN2O2. The van der Waals surface area contributed by atoms with Gasteiger partial charge in [-0.2, -0.15) is 5.10 Å². The topological polar surface area (TPSA) is 47.3 Å². The monoisotopic (exact) mass is 324 g/mol. The quantitative estimate of drug-likeness (QED) is 0.887. The Bertz CT molecular complexity index is 513. The molecule has 1 atom stereocenters. The highest BCUT2D eigenvalue weighted by Crippen LogP contribution is 2.25. The van der Waals surface area contributed by atoms with E-state index in [1.807, 2.05) is 37.3 Å². The molecule has 19 heavy (non-hydrogen) atoms. The molecule has 0 saturated heterocycles. The maximum Gasteiger partial charge on any atom is 0.119 e. The van der Waals surface area contributed by atoms with E-state index in [0.717, 1.165) is 22.5 Å². The van der Waals surface area contributed by atoms with E-state index >= 15 is 0 Å². The minimum atomic E-state index is -0.583. The van der Waals surface area contributed by atoms with Crippen LogP contribution in [-0.4, -0.2) is 21.5 Å². The number of halogens is 1. The lowest BCUT2D eigenvalue weighted by Gasteiger charge is -2.14. The first kappa shape index (κ1) is 14.1. The van der Waals surface area contributed by atoms with Gasteiger partial charge < -0.3 is 9.84 Å². The fraction of sp³-hybridized carbons (Fsp3) is 0.357. The predicted octanol–water partition coefficient (Wildman–Crippen LogP) is 3.17. The Morgan fingerprint density at radius 2 is 2.11 bits per heavy atom. The number of hydrogen-bond acceptors (Lipinski definition) is 3. The van der Waals surface area contributed by atoms with Gasteiger partial charge in [-0.15, -0.1) is 0 Å². The molecule has 0 radical (unpaired) electrons. The SMILES string of the molecule is CCn1ncc(Br)c1C(O)CCOc1ccccc1. The van der Waals surface area contributed by atoms with E-state index in [1.165, 1.54) is 0 Å². The van der Waals surface area contributed by atoms with Gasteiger partial charge in [-0.1, -0.05) is 18.2 Å². The first-order valence-corrected chi connectivity index (χ1v) is 7.08. The second kappa shape index (κ2) is 6.73. The van der Waals surface area contributed by atoms with Gasteiger partial charge in [0.25, 0.3) is 0 Å². The fourth-order valence-electron chi connectivity index (χ4n) is 1.90. The van der Waals surface area contributed by atoms with Crippen molar-refractivity contribution in [1.82, 2.24) is 9.78 Å². The van der Waals surface area contributed by atoms with E-state index in [4.69, 9.17) is 4.74 Å². The summed E-state index contributed by atoms with van der Waals surface area (Å²) in [5, 5.41) is 14.4. The predicted molar refractivity (Wildman–Crippen MR) is 77.1 cm³/mol. The molecule has 1 N–H and O–H groups in total. The number of hydrogen-bond donors (Lipinski definition) is 1. The molecule has 102 valence electrons. The molecule has 0 bridgehead atoms. The molecule has 0 aliphatic carbocycles. The number of aromatic nitrogens is 2. The summed E-state index contributed by atoms with van der Waals surface area (Å²) in [5.41, 5.74) is 0.805. The molecule has 0 aliphatic rings. The third kappa shape index (κ3) is 3.58. The maximum absolute atomic E-state index is 10.2. The lowest BCUT2D eigenvalue weighted by molar-refractivity contribution is 0.131. The van der Waals surface area contributed by atoms with Crippen molar-refractivity contribution in [3.05, 3.63) is 46.7 Å². The van der Waals surface area contributed by atoms with Gasteiger partial charge in [0.05, 0.1) is 23.0 Å². The largest absolute Gasteiger partial charge is 0.493 e. The van der Waals surface area contributed by atoms with Crippen molar-refractivity contribution in [2.45, 2.75) is 26.0 Å². The number of aryl methyl sites for hydroxylation is 1. The van der Waals surface area contributed by atoms with E-state index in [9.17, 15) is 5.11 Å². The first-order valence-electron chi connectivity index (χ1n) is 6.29. The molecule has 1 aromatic carbocycles. The van der Waals surface area contributed by atoms with Crippen molar-refractivity contribution in [3.8, 4) is 5.75 Å². The zero-order valence-electron chi connectivity index (χ0n) is 10.8. The van der Waals surface area contributed by atoms with Gasteiger partial charge in [-0.05, 0) is 35.0 Å². The maximum atomic E-state index is 10.2. The third-order valence-electron chi connectivity index (χ3n) is 2.85. The van der Waals surface area contributed by atoms with Crippen LogP contribution in [0.25, 0.3) is 0 Å². The van der Waals surface area contributed by atoms with Crippen molar-refractivity contribution in [1.29, 1.82) is 0 Å². The van der Waals surface area contributed by atoms with Gasteiger partial charge >= 0.3 is 0 Å². The van der Waals surface area contributed by atoms with E-state index < -0.39 is 6.10 Å². The Morgan fingerprint density at radius 1 is 1.37 bits per heavy atom. The Balaban J connectivity index is 1.91. The van der Waals surface area contributed by atoms with Gasteiger partial charge in [0.2, 0.25) is 0 Å². The van der Waals surface area contributed by atoms with Crippen molar-refractivity contribution < 1.29 is 9.84 Å². The van der Waals surface area contributed by atoms with Crippen LogP contribution in [0.15, 0.2) is 41.0 Å². The summed E-state index contributed by atoms with van der Waals surface area (Å²) in [5.74, 6) is 0.817. The highest BCUT2D eigenvalue weighted by atomic mass is 79.9. The second-order valence-corrected chi connectivity index (χ2v) is 5.01. The van der Waals surface area contributed by atoms with Crippen LogP contribution in [-0.2, 0) is 6.54 Å². The summed E-state index contributed by atoms with van der Waals surface area (Å²) in [6, 6.07) is 9.60. The van der Waals surface area contributed by atoms with E-state index in [1.54, 1.807) is 10.9 Å². The zero-order chi connectivity index (χ0) is 13.7. The van der Waals surface area contributed by atoms with Gasteiger partial charge in [0.15, 0.2) is 0 Å². The van der Waals surface area contributed by atoms with E-state index in [-0.39, 0.29) is 0 Å². The summed E-state index contributed by atoms with van der Waals surface area (Å²) in [6.45, 7) is 3.19. The molecular weight excluding hydrogens is 308 g/mol. The number of ether oxygens (including phenoxy) is 1. The Kier molecular flexibility index (Phi) is 4.99. The number of benzene rings is 1. The lowest BCUT2D eigenvalue weighted by Crippen LogP contribution is -2.11. The average molecular weight is 325 g/mol. The van der Waals surface area contributed by atoms with E-state index in [0.29, 0.717) is 13.0 Å². The van der Waals surface area contributed by atoms with Crippen LogP contribution < -0.4 is 4.74 Å². The summed E-state index contributed by atoms with van der Waals surface area (Å²) in [7, 11) is 0. The van der Waals surface area contributed by atoms with Gasteiger partial charge in [0.1, 0.15) is 11.9 Å². The third-order valence-corrected chi connectivity index (χ3v) is 3.46. The van der Waals surface area contributed by atoms with Crippen LogP contribution in [0, 0.1) is 0 Å². The Labute approximate surface area is 121 Å². The number of aliphatic hydroxyl groups is 1. The van der Waals surface area contributed by atoms with Crippen LogP contribution in [0.1, 0.15) is 25.1 Å². The number of para-hydroxylation sites is 1. The van der Waals surface area contributed by atoms with Gasteiger partial charge in [-0.25, -0.2) is 0 Å². The molecule has 2 rings (SSSR count). The van der Waals surface area contributed by atoms with Crippen LogP contribution in [0.3, 0.4) is 0 Å². The number of nitrogens with zero attached hydrogens (tertiary/aromatic N) is 2. The highest BCUT2D eigenvalue weighted by Gasteiger charge is 2.17. The Morgan fingerprint density at radius 3 is 2.79 bits per heavy atom. The second-order valence-electron chi connectivity index (χ2n) is 4.16. The van der Waals surface area contributed by atoms with Crippen LogP contribution in [0.4, 0.5) is 0 Å². The first-order chi connectivity index (χ1) is 9.22. The summed E-state index contributed by atoms with van der Waals surface area (Å²) >= 11 is 3.41. The smallest absolute Gasteiger partial charge is 0.119 e. The fourth-order valence-corrected chi connectivity index (χ4v) is 2.46. The minimum Gasteiger partial charge on any atom is -0.493 e. The summed E-state index contributed by atoms with van der Waals surface area (Å²) in [6.07, 6.45) is 1.65. The summed E-state index contributed by atoms with van der Waals surface area (Å²) in [4.78, 5) is 0. The molecule has 0 aliphatic heterocycles. The average Bonchev–Trinajstić information content (AvgIpc) is 2.81. The molecule has 4 nitrogen and oxygen atoms in total. The Hall–Kier alpha value is -1.33. The summed E-state index contributed by atoms with van der Waals surface area (Å²) < 4.78 is 8.21. The van der Waals surface area contributed by atoms with Crippen molar-refractivity contribution in [3.63, 3.8) is 0 Å². The number of rotatable bonds is 6. The van der Waals surface area contributed by atoms with Crippen molar-refractivity contribution >= 4 is 15.9 Å². The van der Waals surface area contributed by atoms with Crippen molar-refractivity contribution in [2.75, 3.05) is 6.61 Å². The van der Waals surface area contributed by atoms with Gasteiger partial charge in [0, 0.05) is 13.0 Å². The lowest BCUT2D eigenvalue weighted by atomic mass is 10.2. The molecule has 5 heteroatoms. The minimum absolute atomic E-state index is 0.465. The standard InChI is InChI=1S/C14H17BrN2O2/c1-2-17-14(12(15)10-16-17)13(18)8-9-19-11-6-4-3-5-7-11/h3-7,10,13,18H,2,8-9H2,1H3. The molecule has 0 amide bonds. The zero-order valence-corrected chi connectivity index (χ0v) is 12.4. The van der Waals surface area contributed by atoms with Crippen LogP contribution in [0.5, 0.6) is 5.75 Å². The number of aliphatic hydroxyl groups excluding tert-OH is 1. The van der Waals surface area contributed by atoms with Crippen LogP contribution in [0.2, 0.25) is 0 Å². The van der Waals surface area contributed by atoms with Gasteiger partial charge in [-0.3, -0.25) is 4.68 Å². The molecule has 2 aromatic rings. The molecule has 1 heterocycles. The molecule has 0 fully saturated rings. The molecule has 0 spiro atoms. The van der Waals surface area contributed by atoms with Crippen molar-refractivity contribution in [2.24, 2.45) is 0 Å².